The molecule has 33 heavy (non-hydrogen) atoms. The van der Waals surface area contributed by atoms with Crippen molar-refractivity contribution >= 4 is 21.6 Å². The summed E-state index contributed by atoms with van der Waals surface area (Å²) in [7, 11) is 0. The molecule has 5 heteroatoms. The van der Waals surface area contributed by atoms with Crippen molar-refractivity contribution in [2.45, 2.75) is 6.92 Å². The number of para-hydroxylation sites is 2. The van der Waals surface area contributed by atoms with E-state index >= 15 is 0 Å². The van der Waals surface area contributed by atoms with Gasteiger partial charge in [0.25, 0.3) is 0 Å². The lowest BCUT2D eigenvalue weighted by molar-refractivity contribution is 1.07. The van der Waals surface area contributed by atoms with Gasteiger partial charge in [0.2, 0.25) is 0 Å². The summed E-state index contributed by atoms with van der Waals surface area (Å²) in [5, 5.41) is 9.96. The summed E-state index contributed by atoms with van der Waals surface area (Å²) in [6.07, 6.45) is 1.81. The van der Waals surface area contributed by atoms with Crippen LogP contribution >= 0.6 is 11.3 Å². The standard InChI is InChI=1S/C28H20N4S/c1-19-30-26-24(16-9-17-25(26)33-19)28-31-29-18-32(28)27-22(20-10-4-2-5-11-20)14-8-15-23(27)21-12-6-3-7-13-21/h2-18H,1H3. The van der Waals surface area contributed by atoms with Crippen LogP contribution in [0.25, 0.3) is 49.5 Å². The maximum atomic E-state index is 4.80. The Labute approximate surface area is 195 Å². The Hall–Kier alpha value is -4.09. The molecule has 0 spiro atoms. The summed E-state index contributed by atoms with van der Waals surface area (Å²) >= 11 is 1.70. The highest BCUT2D eigenvalue weighted by atomic mass is 32.1. The number of nitrogens with zero attached hydrogens (tertiary/aromatic N) is 4. The van der Waals surface area contributed by atoms with Gasteiger partial charge in [-0.25, -0.2) is 4.98 Å². The Morgan fingerprint density at radius 3 is 1.94 bits per heavy atom. The highest BCUT2D eigenvalue weighted by Crippen LogP contribution is 2.38. The van der Waals surface area contributed by atoms with E-state index in [-0.39, 0.29) is 0 Å². The molecule has 4 aromatic carbocycles. The maximum Gasteiger partial charge on any atom is 0.170 e. The summed E-state index contributed by atoms with van der Waals surface area (Å²) in [6, 6.07) is 33.6. The maximum absolute atomic E-state index is 4.80. The molecule has 2 heterocycles. The zero-order valence-electron chi connectivity index (χ0n) is 18.0. The number of hydrogen-bond acceptors (Lipinski definition) is 4. The molecule has 6 rings (SSSR count). The zero-order chi connectivity index (χ0) is 22.2. The third kappa shape index (κ3) is 3.43. The predicted octanol–water partition coefficient (Wildman–Crippen LogP) is 7.19. The molecule has 0 unspecified atom stereocenters. The van der Waals surface area contributed by atoms with E-state index in [1.807, 2.05) is 25.4 Å². The summed E-state index contributed by atoms with van der Waals surface area (Å²) in [5.41, 5.74) is 7.54. The van der Waals surface area contributed by atoms with Gasteiger partial charge in [0.05, 0.1) is 20.9 Å². The molecule has 0 saturated heterocycles. The second-order valence-electron chi connectivity index (χ2n) is 7.84. The van der Waals surface area contributed by atoms with E-state index < -0.39 is 0 Å². The van der Waals surface area contributed by atoms with Gasteiger partial charge in [-0.3, -0.25) is 4.57 Å². The van der Waals surface area contributed by atoms with Crippen molar-refractivity contribution in [1.29, 1.82) is 0 Å². The lowest BCUT2D eigenvalue weighted by Gasteiger charge is -2.18. The van der Waals surface area contributed by atoms with E-state index in [1.54, 1.807) is 11.3 Å². The Bertz CT molecular complexity index is 1510. The number of hydrogen-bond donors (Lipinski definition) is 0. The fraction of sp³-hybridized carbons (Fsp3) is 0.0357. The number of aryl methyl sites for hydroxylation is 1. The fourth-order valence-corrected chi connectivity index (χ4v) is 5.18. The molecular formula is C28H20N4S. The van der Waals surface area contributed by atoms with Gasteiger partial charge in [0, 0.05) is 16.7 Å². The first kappa shape index (κ1) is 19.6. The van der Waals surface area contributed by atoms with Crippen LogP contribution in [0.15, 0.2) is 103 Å². The summed E-state index contributed by atoms with van der Waals surface area (Å²) in [4.78, 5) is 4.80. The third-order valence-corrected chi connectivity index (χ3v) is 6.70. The molecule has 158 valence electrons. The van der Waals surface area contributed by atoms with Crippen LogP contribution in [0, 0.1) is 6.92 Å². The molecule has 0 aliphatic rings. The molecule has 0 saturated carbocycles. The normalized spacial score (nSPS) is 11.2. The molecule has 0 atom stereocenters. The molecule has 0 amide bonds. The molecule has 0 aliphatic carbocycles. The van der Waals surface area contributed by atoms with Crippen LogP contribution in [-0.2, 0) is 0 Å². The largest absolute Gasteiger partial charge is 0.280 e. The summed E-state index contributed by atoms with van der Waals surface area (Å²) in [5.74, 6) is 0.784. The van der Waals surface area contributed by atoms with E-state index in [9.17, 15) is 0 Å². The van der Waals surface area contributed by atoms with E-state index in [1.165, 1.54) is 0 Å². The van der Waals surface area contributed by atoms with Crippen molar-refractivity contribution in [3.63, 3.8) is 0 Å². The topological polar surface area (TPSA) is 43.6 Å². The number of thiazole rings is 1. The van der Waals surface area contributed by atoms with Gasteiger partial charge in [0.15, 0.2) is 5.82 Å². The Morgan fingerprint density at radius 2 is 1.27 bits per heavy atom. The van der Waals surface area contributed by atoms with Gasteiger partial charge in [-0.2, -0.15) is 0 Å². The minimum absolute atomic E-state index is 0.784. The lowest BCUT2D eigenvalue weighted by Crippen LogP contribution is -2.02. The molecule has 0 radical (unpaired) electrons. The van der Waals surface area contributed by atoms with Crippen molar-refractivity contribution in [2.24, 2.45) is 0 Å². The third-order valence-electron chi connectivity index (χ3n) is 5.76. The van der Waals surface area contributed by atoms with Gasteiger partial charge in [-0.15, -0.1) is 21.5 Å². The van der Waals surface area contributed by atoms with Crippen molar-refractivity contribution < 1.29 is 0 Å². The monoisotopic (exact) mass is 444 g/mol. The van der Waals surface area contributed by atoms with Gasteiger partial charge < -0.3 is 0 Å². The van der Waals surface area contributed by atoms with Gasteiger partial charge in [-0.05, 0) is 30.2 Å². The minimum Gasteiger partial charge on any atom is -0.280 e. The van der Waals surface area contributed by atoms with Crippen molar-refractivity contribution in [3.05, 3.63) is 108 Å². The molecule has 2 aromatic heterocycles. The van der Waals surface area contributed by atoms with E-state index in [0.29, 0.717) is 0 Å². The van der Waals surface area contributed by atoms with Gasteiger partial charge >= 0.3 is 0 Å². The Balaban J connectivity index is 1.66. The molecule has 6 aromatic rings. The van der Waals surface area contributed by atoms with Crippen molar-refractivity contribution in [2.75, 3.05) is 0 Å². The summed E-state index contributed by atoms with van der Waals surface area (Å²) in [6.45, 7) is 2.04. The van der Waals surface area contributed by atoms with E-state index in [4.69, 9.17) is 4.98 Å². The minimum atomic E-state index is 0.784. The predicted molar refractivity (Wildman–Crippen MR) is 136 cm³/mol. The highest BCUT2D eigenvalue weighted by molar-refractivity contribution is 7.18. The highest BCUT2D eigenvalue weighted by Gasteiger charge is 2.20. The van der Waals surface area contributed by atoms with Crippen molar-refractivity contribution in [3.8, 4) is 39.3 Å². The first-order chi connectivity index (χ1) is 16.3. The average molecular weight is 445 g/mol. The first-order valence-electron chi connectivity index (χ1n) is 10.8. The van der Waals surface area contributed by atoms with Crippen LogP contribution in [-0.4, -0.2) is 19.7 Å². The molecule has 0 bridgehead atoms. The van der Waals surface area contributed by atoms with E-state index in [0.717, 1.165) is 54.6 Å². The van der Waals surface area contributed by atoms with Gasteiger partial charge in [-0.1, -0.05) is 84.9 Å². The van der Waals surface area contributed by atoms with Crippen LogP contribution in [0.2, 0.25) is 0 Å². The summed E-state index contributed by atoms with van der Waals surface area (Å²) < 4.78 is 3.26. The molecule has 0 aliphatic heterocycles. The van der Waals surface area contributed by atoms with Gasteiger partial charge in [0.1, 0.15) is 6.33 Å². The smallest absolute Gasteiger partial charge is 0.170 e. The molecule has 0 N–H and O–H groups in total. The van der Waals surface area contributed by atoms with Crippen LogP contribution in [0.5, 0.6) is 0 Å². The Morgan fingerprint density at radius 1 is 0.667 bits per heavy atom. The molecule has 0 fully saturated rings. The zero-order valence-corrected chi connectivity index (χ0v) is 18.8. The average Bonchev–Trinajstić information content (AvgIpc) is 3.50. The van der Waals surface area contributed by atoms with Crippen LogP contribution in [0.1, 0.15) is 5.01 Å². The SMILES string of the molecule is Cc1nc2c(-c3nncn3-c3c(-c4ccccc4)cccc3-c3ccccc3)cccc2s1. The quantitative estimate of drug-likeness (QED) is 0.289. The lowest BCUT2D eigenvalue weighted by atomic mass is 9.95. The fourth-order valence-electron chi connectivity index (χ4n) is 4.33. The van der Waals surface area contributed by atoms with Crippen LogP contribution in [0.4, 0.5) is 0 Å². The number of benzene rings is 4. The second-order valence-corrected chi connectivity index (χ2v) is 9.08. The van der Waals surface area contributed by atoms with Crippen LogP contribution in [0.3, 0.4) is 0 Å². The molecule has 4 nitrogen and oxygen atoms in total. The number of aromatic nitrogens is 4. The Kier molecular flexibility index (Phi) is 4.82. The second kappa shape index (κ2) is 8.11. The van der Waals surface area contributed by atoms with Crippen LogP contribution < -0.4 is 0 Å². The van der Waals surface area contributed by atoms with E-state index in [2.05, 4.69) is 99.7 Å². The first-order valence-corrected chi connectivity index (χ1v) is 11.6. The number of rotatable bonds is 4. The van der Waals surface area contributed by atoms with Crippen molar-refractivity contribution in [1.82, 2.24) is 19.7 Å². The molecular weight excluding hydrogens is 424 g/mol. The number of fused-ring (bicyclic) bond motifs is 1.